The van der Waals surface area contributed by atoms with Gasteiger partial charge in [-0.05, 0) is 19.4 Å². The number of hydrogen-bond donors (Lipinski definition) is 1. The molecule has 0 radical (unpaired) electrons. The Kier molecular flexibility index (Phi) is 7.27. The molecule has 0 aliphatic heterocycles. The van der Waals surface area contributed by atoms with Crippen molar-refractivity contribution < 1.29 is 28.9 Å². The molecule has 0 unspecified atom stereocenters. The van der Waals surface area contributed by atoms with Crippen molar-refractivity contribution in [2.75, 3.05) is 13.7 Å². The highest BCUT2D eigenvalue weighted by Gasteiger charge is 2.18. The van der Waals surface area contributed by atoms with E-state index in [1.807, 2.05) is 0 Å². The highest BCUT2D eigenvalue weighted by atomic mass is 16.8. The lowest BCUT2D eigenvalue weighted by Crippen LogP contribution is -2.19. The van der Waals surface area contributed by atoms with E-state index in [0.29, 0.717) is 5.56 Å². The normalized spacial score (nSPS) is 10.9. The van der Waals surface area contributed by atoms with Gasteiger partial charge in [0, 0.05) is 6.07 Å². The number of carbonyl (C=O) groups is 2. The Morgan fingerprint density at radius 2 is 2.00 bits per heavy atom. The van der Waals surface area contributed by atoms with Crippen LogP contribution in [-0.2, 0) is 24.0 Å². The number of nitrogens with zero attached hydrogens (tertiary/aromatic N) is 3. The highest BCUT2D eigenvalue weighted by molar-refractivity contribution is 5.97. The number of pyridine rings is 1. The van der Waals surface area contributed by atoms with E-state index in [2.05, 4.69) is 24.6 Å². The molecule has 1 rings (SSSR count). The maximum absolute atomic E-state index is 11.5. The minimum atomic E-state index is -0.731. The third-order valence-corrected chi connectivity index (χ3v) is 2.77. The predicted octanol–water partition coefficient (Wildman–Crippen LogP) is 0.869. The van der Waals surface area contributed by atoms with Crippen LogP contribution in [0.15, 0.2) is 17.4 Å². The van der Waals surface area contributed by atoms with Gasteiger partial charge in [-0.3, -0.25) is 4.79 Å². The Bertz CT molecular complexity index is 659. The summed E-state index contributed by atoms with van der Waals surface area (Å²) >= 11 is 0. The Hall–Kier alpha value is -3.04. The first kappa shape index (κ1) is 19.0. The third-order valence-electron chi connectivity index (χ3n) is 2.77. The Labute approximate surface area is 138 Å². The summed E-state index contributed by atoms with van der Waals surface area (Å²) in [7, 11) is 1.22. The van der Waals surface area contributed by atoms with Crippen LogP contribution in [0.3, 0.4) is 0 Å². The zero-order valence-corrected chi connectivity index (χ0v) is 13.6. The molecule has 0 fully saturated rings. The van der Waals surface area contributed by atoms with E-state index in [1.54, 1.807) is 13.8 Å². The molecule has 0 aliphatic rings. The quantitative estimate of drug-likeness (QED) is 0.242. The van der Waals surface area contributed by atoms with Gasteiger partial charge in [-0.2, -0.15) is 0 Å². The van der Waals surface area contributed by atoms with Crippen LogP contribution in [0, 0.1) is 11.8 Å². The minimum absolute atomic E-state index is 0.107. The summed E-state index contributed by atoms with van der Waals surface area (Å²) in [5.41, 5.74) is 6.67. The van der Waals surface area contributed by atoms with Crippen molar-refractivity contribution >= 4 is 23.5 Å². The van der Waals surface area contributed by atoms with Crippen LogP contribution in [0.2, 0.25) is 0 Å². The summed E-state index contributed by atoms with van der Waals surface area (Å²) in [5.74, 6) is -1.37. The predicted molar refractivity (Wildman–Crippen MR) is 82.0 cm³/mol. The Morgan fingerprint density at radius 1 is 1.33 bits per heavy atom. The van der Waals surface area contributed by atoms with Crippen LogP contribution in [0.4, 0.5) is 5.69 Å². The van der Waals surface area contributed by atoms with E-state index < -0.39 is 11.9 Å². The second kappa shape index (κ2) is 9.18. The zero-order valence-electron chi connectivity index (χ0n) is 13.6. The van der Waals surface area contributed by atoms with Gasteiger partial charge in [-0.1, -0.05) is 5.16 Å². The van der Waals surface area contributed by atoms with Crippen LogP contribution in [0.5, 0.6) is 0 Å². The number of oxime groups is 1. The number of nitrogens with two attached hydrogens (primary N) is 1. The van der Waals surface area contributed by atoms with Crippen molar-refractivity contribution in [2.24, 2.45) is 10.9 Å². The molecule has 0 aliphatic carbocycles. The van der Waals surface area contributed by atoms with E-state index in [1.165, 1.54) is 19.4 Å². The fraction of sp³-hybridized carbons (Fsp3) is 0.429. The SMILES string of the molecule is CCOC(=O)CCC(=O)O/N=C(\N)c1ncc([N+](=O)OC)cc1C. The number of aromatic nitrogens is 1. The van der Waals surface area contributed by atoms with Gasteiger partial charge in [0.2, 0.25) is 0 Å². The van der Waals surface area contributed by atoms with Crippen LogP contribution >= 0.6 is 0 Å². The van der Waals surface area contributed by atoms with Crippen LogP contribution < -0.4 is 5.73 Å². The molecule has 24 heavy (non-hydrogen) atoms. The van der Waals surface area contributed by atoms with Crippen LogP contribution in [0.1, 0.15) is 31.0 Å². The zero-order chi connectivity index (χ0) is 18.1. The molecule has 0 atom stereocenters. The smallest absolute Gasteiger partial charge is 0.335 e. The van der Waals surface area contributed by atoms with E-state index in [9.17, 15) is 14.5 Å². The number of esters is 1. The van der Waals surface area contributed by atoms with Gasteiger partial charge >= 0.3 is 17.6 Å². The molecule has 10 nitrogen and oxygen atoms in total. The topological polar surface area (TPSA) is 133 Å². The van der Waals surface area contributed by atoms with Crippen molar-refractivity contribution in [3.8, 4) is 0 Å². The molecule has 1 heterocycles. The second-order valence-electron chi connectivity index (χ2n) is 4.54. The summed E-state index contributed by atoms with van der Waals surface area (Å²) < 4.78 is 4.69. The average Bonchev–Trinajstić information content (AvgIpc) is 2.57. The van der Waals surface area contributed by atoms with Gasteiger partial charge in [0.15, 0.2) is 12.9 Å². The molecule has 0 saturated carbocycles. The molecule has 0 bridgehead atoms. The van der Waals surface area contributed by atoms with Gasteiger partial charge in [0.05, 0.1) is 24.4 Å². The maximum Gasteiger partial charge on any atom is 0.335 e. The summed E-state index contributed by atoms with van der Waals surface area (Å²) in [6, 6.07) is 1.49. The lowest BCUT2D eigenvalue weighted by molar-refractivity contribution is -0.736. The summed E-state index contributed by atoms with van der Waals surface area (Å²) in [6.45, 7) is 3.56. The largest absolute Gasteiger partial charge is 0.466 e. The molecule has 0 saturated heterocycles. The Balaban J connectivity index is 2.67. The summed E-state index contributed by atoms with van der Waals surface area (Å²) in [4.78, 5) is 47.3. The monoisotopic (exact) mass is 339 g/mol. The lowest BCUT2D eigenvalue weighted by atomic mass is 10.2. The first-order chi connectivity index (χ1) is 11.4. The number of hydrogen-bond acceptors (Lipinski definition) is 8. The van der Waals surface area contributed by atoms with E-state index in [-0.39, 0.29) is 41.6 Å². The minimum Gasteiger partial charge on any atom is -0.466 e. The Morgan fingerprint density at radius 3 is 2.58 bits per heavy atom. The van der Waals surface area contributed by atoms with Gasteiger partial charge in [-0.15, -0.1) is 0 Å². The first-order valence-corrected chi connectivity index (χ1v) is 7.06. The second-order valence-corrected chi connectivity index (χ2v) is 4.54. The molecule has 130 valence electrons. The van der Waals surface area contributed by atoms with Crippen LogP contribution in [-0.4, -0.2) is 41.4 Å². The van der Waals surface area contributed by atoms with E-state index in [4.69, 9.17) is 5.73 Å². The molecule has 10 heteroatoms. The van der Waals surface area contributed by atoms with Gasteiger partial charge < -0.3 is 15.3 Å². The van der Waals surface area contributed by atoms with Crippen molar-refractivity contribution in [3.05, 3.63) is 28.4 Å². The third kappa shape index (κ3) is 5.63. The standard InChI is InChI=1S/C14H19N4O6/c1-4-23-11(19)5-6-12(20)24-17-14(15)13-9(2)7-10(8-16-13)18(21)22-3/h7-8H,4-6H2,1-3H3,(H2,15,17)/q+1. The summed E-state index contributed by atoms with van der Waals surface area (Å²) in [6.07, 6.45) is 0.953. The first-order valence-electron chi connectivity index (χ1n) is 7.06. The van der Waals surface area contributed by atoms with Crippen molar-refractivity contribution in [1.29, 1.82) is 0 Å². The molecule has 2 N–H and O–H groups in total. The van der Waals surface area contributed by atoms with Gasteiger partial charge in [0.25, 0.3) is 4.92 Å². The number of rotatable bonds is 8. The van der Waals surface area contributed by atoms with Gasteiger partial charge in [-0.25, -0.2) is 14.6 Å². The number of amidine groups is 1. The van der Waals surface area contributed by atoms with E-state index >= 15 is 0 Å². The highest BCUT2D eigenvalue weighted by Crippen LogP contribution is 2.14. The number of ether oxygens (including phenoxy) is 1. The fourth-order valence-corrected chi connectivity index (χ4v) is 1.66. The average molecular weight is 339 g/mol. The molecule has 0 aromatic carbocycles. The molecular formula is C14H19N4O6+. The van der Waals surface area contributed by atoms with Gasteiger partial charge in [0.1, 0.15) is 11.9 Å². The molecule has 0 spiro atoms. The molecule has 1 aromatic rings. The molecule has 1 aromatic heterocycles. The lowest BCUT2D eigenvalue weighted by Gasteiger charge is -2.03. The summed E-state index contributed by atoms with van der Waals surface area (Å²) in [5, 5.41) is 3.48. The fourth-order valence-electron chi connectivity index (χ4n) is 1.66. The molecular weight excluding hydrogens is 320 g/mol. The van der Waals surface area contributed by atoms with E-state index in [0.717, 1.165) is 0 Å². The van der Waals surface area contributed by atoms with Crippen molar-refractivity contribution in [2.45, 2.75) is 26.7 Å². The van der Waals surface area contributed by atoms with Crippen molar-refractivity contribution in [1.82, 2.24) is 4.98 Å². The molecule has 0 amide bonds. The van der Waals surface area contributed by atoms with Crippen LogP contribution in [0.25, 0.3) is 0 Å². The number of aryl methyl sites for hydroxylation is 1. The maximum atomic E-state index is 11.5. The number of carbonyl (C=O) groups excluding carboxylic acids is 2. The van der Waals surface area contributed by atoms with Crippen molar-refractivity contribution in [3.63, 3.8) is 0 Å².